The number of aliphatic hydroxyl groups is 1. The molecule has 2 heterocycles. The van der Waals surface area contributed by atoms with Gasteiger partial charge in [-0.25, -0.2) is 8.78 Å². The van der Waals surface area contributed by atoms with Crippen molar-refractivity contribution >= 4 is 5.69 Å². The predicted octanol–water partition coefficient (Wildman–Crippen LogP) is 3.46. The summed E-state index contributed by atoms with van der Waals surface area (Å²) in [6.07, 6.45) is 3.93. The number of rotatable bonds is 5. The van der Waals surface area contributed by atoms with E-state index < -0.39 is 11.9 Å². The number of hydrogen-bond acceptors (Lipinski definition) is 4. The summed E-state index contributed by atoms with van der Waals surface area (Å²) >= 11 is 0. The number of ether oxygens (including phenoxy) is 1. The first-order chi connectivity index (χ1) is 13.1. The Kier molecular flexibility index (Phi) is 4.53. The number of aliphatic hydroxyl groups excluding tert-OH is 1. The summed E-state index contributed by atoms with van der Waals surface area (Å²) in [5, 5.41) is 16.5. The van der Waals surface area contributed by atoms with Crippen LogP contribution in [0.25, 0.3) is 11.1 Å². The van der Waals surface area contributed by atoms with E-state index in [9.17, 15) is 13.9 Å². The van der Waals surface area contributed by atoms with Crippen LogP contribution in [0, 0.1) is 11.6 Å². The smallest absolute Gasteiger partial charge is 0.133 e. The maximum Gasteiger partial charge on any atom is 0.133 e. The molecule has 1 aliphatic rings. The highest BCUT2D eigenvalue weighted by atomic mass is 19.1. The maximum absolute atomic E-state index is 14.7. The molecule has 0 bridgehead atoms. The van der Waals surface area contributed by atoms with Crippen molar-refractivity contribution in [1.29, 1.82) is 0 Å². The number of aromatic amines is 1. The van der Waals surface area contributed by atoms with E-state index in [-0.39, 0.29) is 12.4 Å². The van der Waals surface area contributed by atoms with Gasteiger partial charge in [0.15, 0.2) is 0 Å². The summed E-state index contributed by atoms with van der Waals surface area (Å²) < 4.78 is 33.8. The minimum atomic E-state index is -0.491. The third kappa shape index (κ3) is 3.14. The molecule has 0 spiro atoms. The quantitative estimate of drug-likeness (QED) is 0.721. The summed E-state index contributed by atoms with van der Waals surface area (Å²) in [7, 11) is 1.46. The lowest BCUT2D eigenvalue weighted by Gasteiger charge is -2.29. The number of fused-ring (bicyclic) bond motifs is 1. The molecule has 0 radical (unpaired) electrons. The average Bonchev–Trinajstić information content (AvgIpc) is 3.32. The van der Waals surface area contributed by atoms with Gasteiger partial charge in [0, 0.05) is 35.6 Å². The second kappa shape index (κ2) is 7.00. The standard InChI is InChI=1S/C20H19F2N3O2/c1-27-16-5-13(4-15(21)7-16)20(11-26)25-3-2-12-6-17(14-9-23-24-10-14)18(22)8-19(12)25/h4-10,20,26H,2-3,11H2,1H3,(H,23,24). The summed E-state index contributed by atoms with van der Waals surface area (Å²) in [5.74, 6) is -0.427. The van der Waals surface area contributed by atoms with Crippen LogP contribution in [0.5, 0.6) is 5.75 Å². The van der Waals surface area contributed by atoms with Gasteiger partial charge in [0.1, 0.15) is 17.4 Å². The van der Waals surface area contributed by atoms with E-state index in [0.29, 0.717) is 41.1 Å². The van der Waals surface area contributed by atoms with Crippen LogP contribution in [0.4, 0.5) is 14.5 Å². The van der Waals surface area contributed by atoms with Crippen LogP contribution >= 0.6 is 0 Å². The van der Waals surface area contributed by atoms with Crippen LogP contribution in [0.3, 0.4) is 0 Å². The van der Waals surface area contributed by atoms with Gasteiger partial charge in [-0.2, -0.15) is 5.10 Å². The van der Waals surface area contributed by atoms with Gasteiger partial charge < -0.3 is 14.7 Å². The second-order valence-corrected chi connectivity index (χ2v) is 6.51. The van der Waals surface area contributed by atoms with Crippen LogP contribution in [-0.4, -0.2) is 35.6 Å². The molecule has 1 aliphatic heterocycles. The number of nitrogens with one attached hydrogen (secondary N) is 1. The Balaban J connectivity index is 1.73. The molecule has 5 nitrogen and oxygen atoms in total. The van der Waals surface area contributed by atoms with Gasteiger partial charge in [-0.15, -0.1) is 0 Å². The Bertz CT molecular complexity index is 960. The number of methoxy groups -OCH3 is 1. The molecule has 4 rings (SSSR count). The SMILES string of the molecule is COc1cc(F)cc(C(CO)N2CCc3cc(-c4cn[nH]c4)c(F)cc32)c1. The minimum Gasteiger partial charge on any atom is -0.497 e. The molecule has 7 heteroatoms. The van der Waals surface area contributed by atoms with Crippen LogP contribution in [-0.2, 0) is 6.42 Å². The topological polar surface area (TPSA) is 61.4 Å². The fraction of sp³-hybridized carbons (Fsp3) is 0.250. The van der Waals surface area contributed by atoms with Gasteiger partial charge in [0.25, 0.3) is 0 Å². The fourth-order valence-electron chi connectivity index (χ4n) is 3.66. The monoisotopic (exact) mass is 371 g/mol. The van der Waals surface area contributed by atoms with E-state index in [0.717, 1.165) is 5.56 Å². The van der Waals surface area contributed by atoms with Crippen molar-refractivity contribution in [1.82, 2.24) is 10.2 Å². The molecular weight excluding hydrogens is 352 g/mol. The molecule has 0 fully saturated rings. The van der Waals surface area contributed by atoms with Crippen molar-refractivity contribution in [3.05, 3.63) is 65.5 Å². The zero-order valence-corrected chi connectivity index (χ0v) is 14.7. The summed E-state index contributed by atoms with van der Waals surface area (Å²) in [6, 6.07) is 7.15. The Hall–Kier alpha value is -2.93. The number of benzene rings is 2. The lowest BCUT2D eigenvalue weighted by atomic mass is 10.0. The normalized spacial score (nSPS) is 14.3. The first-order valence-electron chi connectivity index (χ1n) is 8.64. The lowest BCUT2D eigenvalue weighted by Crippen LogP contribution is -2.29. The Morgan fingerprint density at radius 2 is 2.11 bits per heavy atom. The van der Waals surface area contributed by atoms with E-state index in [1.165, 1.54) is 25.3 Å². The Morgan fingerprint density at radius 1 is 1.26 bits per heavy atom. The van der Waals surface area contributed by atoms with Crippen molar-refractivity contribution in [2.24, 2.45) is 0 Å². The van der Waals surface area contributed by atoms with Crippen LogP contribution in [0.2, 0.25) is 0 Å². The zero-order valence-electron chi connectivity index (χ0n) is 14.7. The lowest BCUT2D eigenvalue weighted by molar-refractivity contribution is 0.261. The Morgan fingerprint density at radius 3 is 2.81 bits per heavy atom. The van der Waals surface area contributed by atoms with Crippen LogP contribution in [0.15, 0.2) is 42.7 Å². The summed E-state index contributed by atoms with van der Waals surface area (Å²) in [5.41, 5.74) is 3.44. The van der Waals surface area contributed by atoms with Gasteiger partial charge in [-0.3, -0.25) is 5.10 Å². The predicted molar refractivity (Wildman–Crippen MR) is 97.8 cm³/mol. The van der Waals surface area contributed by atoms with Gasteiger partial charge in [0.05, 0.1) is 26.0 Å². The highest BCUT2D eigenvalue weighted by molar-refractivity contribution is 5.71. The minimum absolute atomic E-state index is 0.225. The van der Waals surface area contributed by atoms with Crippen molar-refractivity contribution in [2.45, 2.75) is 12.5 Å². The van der Waals surface area contributed by atoms with E-state index >= 15 is 0 Å². The second-order valence-electron chi connectivity index (χ2n) is 6.51. The molecule has 0 saturated heterocycles. The highest BCUT2D eigenvalue weighted by Gasteiger charge is 2.29. The fourth-order valence-corrected chi connectivity index (χ4v) is 3.66. The van der Waals surface area contributed by atoms with Gasteiger partial charge in [-0.1, -0.05) is 0 Å². The maximum atomic E-state index is 14.7. The van der Waals surface area contributed by atoms with Crippen molar-refractivity contribution < 1.29 is 18.6 Å². The van der Waals surface area contributed by atoms with E-state index in [1.54, 1.807) is 18.5 Å². The Labute approximate surface area is 155 Å². The van der Waals surface area contributed by atoms with Crippen molar-refractivity contribution in [2.75, 3.05) is 25.2 Å². The average molecular weight is 371 g/mol. The van der Waals surface area contributed by atoms with E-state index in [2.05, 4.69) is 10.2 Å². The highest BCUT2D eigenvalue weighted by Crippen LogP contribution is 2.39. The van der Waals surface area contributed by atoms with Crippen molar-refractivity contribution in [3.8, 4) is 16.9 Å². The van der Waals surface area contributed by atoms with Gasteiger partial charge >= 0.3 is 0 Å². The number of H-pyrrole nitrogens is 1. The number of halogens is 2. The molecule has 0 amide bonds. The van der Waals surface area contributed by atoms with Crippen LogP contribution in [0.1, 0.15) is 17.2 Å². The number of hydrogen-bond donors (Lipinski definition) is 2. The molecule has 0 aliphatic carbocycles. The molecule has 1 aromatic heterocycles. The van der Waals surface area contributed by atoms with E-state index in [1.807, 2.05) is 11.0 Å². The molecule has 140 valence electrons. The first-order valence-corrected chi connectivity index (χ1v) is 8.64. The summed E-state index contributed by atoms with van der Waals surface area (Å²) in [6.45, 7) is 0.380. The largest absolute Gasteiger partial charge is 0.497 e. The molecule has 2 aromatic carbocycles. The van der Waals surface area contributed by atoms with Gasteiger partial charge in [-0.05, 0) is 41.8 Å². The number of aromatic nitrogens is 2. The molecule has 27 heavy (non-hydrogen) atoms. The third-order valence-corrected chi connectivity index (χ3v) is 4.97. The molecular formula is C20H19F2N3O2. The molecule has 3 aromatic rings. The van der Waals surface area contributed by atoms with E-state index in [4.69, 9.17) is 4.74 Å². The van der Waals surface area contributed by atoms with Gasteiger partial charge in [0.2, 0.25) is 0 Å². The van der Waals surface area contributed by atoms with Crippen LogP contribution < -0.4 is 9.64 Å². The number of anilines is 1. The molecule has 1 unspecified atom stereocenters. The summed E-state index contributed by atoms with van der Waals surface area (Å²) in [4.78, 5) is 1.91. The number of nitrogens with zero attached hydrogens (tertiary/aromatic N) is 2. The zero-order chi connectivity index (χ0) is 19.0. The molecule has 0 saturated carbocycles. The molecule has 1 atom stereocenters. The van der Waals surface area contributed by atoms with Crippen molar-refractivity contribution in [3.63, 3.8) is 0 Å². The third-order valence-electron chi connectivity index (χ3n) is 4.97. The first kappa shape index (κ1) is 17.5. The molecule has 2 N–H and O–H groups in total.